The highest BCUT2D eigenvalue weighted by Gasteiger charge is 2.14. The van der Waals surface area contributed by atoms with Gasteiger partial charge in [0.25, 0.3) is 0 Å². The molecule has 0 aromatic carbocycles. The summed E-state index contributed by atoms with van der Waals surface area (Å²) in [5, 5.41) is 0. The van der Waals surface area contributed by atoms with Crippen LogP contribution in [0.4, 0.5) is 5.82 Å². The van der Waals surface area contributed by atoms with Crippen LogP contribution in [0.1, 0.15) is 5.82 Å². The van der Waals surface area contributed by atoms with Crippen LogP contribution in [0.15, 0.2) is 35.6 Å². The zero-order valence-corrected chi connectivity index (χ0v) is 11.8. The minimum absolute atomic E-state index is 0.0938. The lowest BCUT2D eigenvalue weighted by atomic mass is 10.4. The molecule has 108 valence electrons. The lowest BCUT2D eigenvalue weighted by Crippen LogP contribution is -2.26. The van der Waals surface area contributed by atoms with E-state index in [1.165, 1.54) is 18.3 Å². The number of hydrogen-bond donors (Lipinski definition) is 3. The normalized spacial score (nSPS) is 11.5. The van der Waals surface area contributed by atoms with E-state index in [1.54, 1.807) is 6.20 Å². The highest BCUT2D eigenvalue weighted by molar-refractivity contribution is 7.89. The minimum Gasteiger partial charge on any atom is -0.338 e. The van der Waals surface area contributed by atoms with Crippen molar-refractivity contribution in [1.29, 1.82) is 0 Å². The van der Waals surface area contributed by atoms with Crippen LogP contribution in [0.5, 0.6) is 0 Å². The zero-order chi connectivity index (χ0) is 14.6. The van der Waals surface area contributed by atoms with Crippen LogP contribution in [-0.2, 0) is 23.5 Å². The molecule has 0 bridgehead atoms. The van der Waals surface area contributed by atoms with Gasteiger partial charge in [-0.05, 0) is 12.1 Å². The molecule has 0 fully saturated rings. The number of anilines is 1. The number of aryl methyl sites for hydroxylation is 1. The Hall–Kier alpha value is -1.97. The summed E-state index contributed by atoms with van der Waals surface area (Å²) in [5.41, 5.74) is 2.34. The molecule has 2 aromatic heterocycles. The van der Waals surface area contributed by atoms with Gasteiger partial charge in [-0.25, -0.2) is 29.0 Å². The van der Waals surface area contributed by atoms with E-state index in [0.717, 1.165) is 5.82 Å². The Bertz CT molecular complexity index is 664. The molecule has 0 saturated heterocycles. The Morgan fingerprint density at radius 3 is 2.70 bits per heavy atom. The number of sulfonamides is 1. The van der Waals surface area contributed by atoms with Gasteiger partial charge in [-0.2, -0.15) is 0 Å². The molecule has 0 saturated carbocycles. The Morgan fingerprint density at radius 2 is 2.15 bits per heavy atom. The molecule has 4 N–H and O–H groups in total. The monoisotopic (exact) mass is 296 g/mol. The van der Waals surface area contributed by atoms with Gasteiger partial charge < -0.3 is 9.99 Å². The van der Waals surface area contributed by atoms with Crippen LogP contribution in [0.3, 0.4) is 0 Å². The first-order valence-electron chi connectivity index (χ1n) is 5.91. The van der Waals surface area contributed by atoms with Crippen LogP contribution in [0.2, 0.25) is 0 Å². The molecule has 2 aromatic rings. The third-order valence-electron chi connectivity index (χ3n) is 2.76. The second-order valence-corrected chi connectivity index (χ2v) is 5.89. The third-order valence-corrected chi connectivity index (χ3v) is 4.20. The standard InChI is InChI=1S/C11H16N6O2S/c1-17-7-6-13-11(17)4-5-15-20(18,19)9-2-3-10(16-12)14-8-9/h2-3,6-8,15H,4-5,12H2,1H3,(H,14,16). The summed E-state index contributed by atoms with van der Waals surface area (Å²) in [5.74, 6) is 6.38. The van der Waals surface area contributed by atoms with E-state index in [2.05, 4.69) is 20.1 Å². The number of imidazole rings is 1. The van der Waals surface area contributed by atoms with E-state index in [-0.39, 0.29) is 11.4 Å². The number of hydrogen-bond acceptors (Lipinski definition) is 6. The molecule has 0 unspecified atom stereocenters. The lowest BCUT2D eigenvalue weighted by molar-refractivity contribution is 0.579. The van der Waals surface area contributed by atoms with Crippen molar-refractivity contribution in [3.8, 4) is 0 Å². The third kappa shape index (κ3) is 3.32. The fourth-order valence-corrected chi connectivity index (χ4v) is 2.62. The SMILES string of the molecule is Cn1ccnc1CCNS(=O)(=O)c1ccc(NN)nc1. The van der Waals surface area contributed by atoms with E-state index < -0.39 is 10.0 Å². The summed E-state index contributed by atoms with van der Waals surface area (Å²) in [6.07, 6.45) is 5.25. The number of nitrogen functional groups attached to an aromatic ring is 1. The van der Waals surface area contributed by atoms with Crippen molar-refractivity contribution >= 4 is 15.8 Å². The molecule has 0 aliphatic heterocycles. The highest BCUT2D eigenvalue weighted by atomic mass is 32.2. The lowest BCUT2D eigenvalue weighted by Gasteiger charge is -2.07. The summed E-state index contributed by atoms with van der Waals surface area (Å²) in [6.45, 7) is 0.268. The minimum atomic E-state index is -3.57. The summed E-state index contributed by atoms with van der Waals surface area (Å²) in [6, 6.07) is 2.93. The van der Waals surface area contributed by atoms with Crippen molar-refractivity contribution in [2.24, 2.45) is 12.9 Å². The van der Waals surface area contributed by atoms with Crippen LogP contribution < -0.4 is 16.0 Å². The van der Waals surface area contributed by atoms with E-state index in [9.17, 15) is 8.42 Å². The largest absolute Gasteiger partial charge is 0.338 e. The first-order chi connectivity index (χ1) is 9.53. The maximum Gasteiger partial charge on any atom is 0.242 e. The predicted molar refractivity (Wildman–Crippen MR) is 74.1 cm³/mol. The van der Waals surface area contributed by atoms with Gasteiger partial charge >= 0.3 is 0 Å². The Morgan fingerprint density at radius 1 is 1.35 bits per heavy atom. The molecule has 0 atom stereocenters. The number of rotatable bonds is 6. The molecule has 2 rings (SSSR count). The van der Waals surface area contributed by atoms with Crippen molar-refractivity contribution in [3.05, 3.63) is 36.5 Å². The molecule has 9 heteroatoms. The molecule has 2 heterocycles. The van der Waals surface area contributed by atoms with Gasteiger partial charge in [0, 0.05) is 38.6 Å². The molecular formula is C11H16N6O2S. The maximum atomic E-state index is 12.0. The Balaban J connectivity index is 1.98. The predicted octanol–water partition coefficient (Wildman–Crippen LogP) is -0.378. The Labute approximate surface area is 117 Å². The molecular weight excluding hydrogens is 280 g/mol. The van der Waals surface area contributed by atoms with Gasteiger partial charge in [0.15, 0.2) is 0 Å². The zero-order valence-electron chi connectivity index (χ0n) is 10.9. The van der Waals surface area contributed by atoms with E-state index in [0.29, 0.717) is 12.2 Å². The molecule has 20 heavy (non-hydrogen) atoms. The van der Waals surface area contributed by atoms with Gasteiger partial charge in [-0.1, -0.05) is 0 Å². The Kier molecular flexibility index (Phi) is 4.32. The van der Waals surface area contributed by atoms with Gasteiger partial charge in [0.05, 0.1) is 0 Å². The maximum absolute atomic E-state index is 12.0. The van der Waals surface area contributed by atoms with Crippen LogP contribution in [-0.4, -0.2) is 29.5 Å². The first kappa shape index (κ1) is 14.4. The molecule has 0 radical (unpaired) electrons. The topological polar surface area (TPSA) is 115 Å². The molecule has 0 spiro atoms. The van der Waals surface area contributed by atoms with E-state index >= 15 is 0 Å². The quantitative estimate of drug-likeness (QED) is 0.494. The number of nitrogens with zero attached hydrogens (tertiary/aromatic N) is 3. The number of nitrogens with two attached hydrogens (primary N) is 1. The van der Waals surface area contributed by atoms with E-state index in [1.807, 2.05) is 17.8 Å². The number of hydrazine groups is 1. The van der Waals surface area contributed by atoms with Crippen molar-refractivity contribution in [1.82, 2.24) is 19.3 Å². The first-order valence-corrected chi connectivity index (χ1v) is 7.40. The molecule has 0 aliphatic carbocycles. The van der Waals surface area contributed by atoms with Crippen molar-refractivity contribution in [2.45, 2.75) is 11.3 Å². The van der Waals surface area contributed by atoms with Gasteiger partial charge in [-0.15, -0.1) is 0 Å². The van der Waals surface area contributed by atoms with Crippen LogP contribution in [0, 0.1) is 0 Å². The molecule has 0 aliphatic rings. The van der Waals surface area contributed by atoms with Crippen molar-refractivity contribution in [2.75, 3.05) is 12.0 Å². The van der Waals surface area contributed by atoms with Gasteiger partial charge in [0.2, 0.25) is 10.0 Å². The number of aromatic nitrogens is 3. The average molecular weight is 296 g/mol. The van der Waals surface area contributed by atoms with Crippen LogP contribution >= 0.6 is 0 Å². The fraction of sp³-hybridized carbons (Fsp3) is 0.273. The van der Waals surface area contributed by atoms with E-state index in [4.69, 9.17) is 5.84 Å². The average Bonchev–Trinajstić information content (AvgIpc) is 2.84. The number of nitrogens with one attached hydrogen (secondary N) is 2. The summed E-state index contributed by atoms with van der Waals surface area (Å²) >= 11 is 0. The number of pyridine rings is 1. The smallest absolute Gasteiger partial charge is 0.242 e. The van der Waals surface area contributed by atoms with Crippen molar-refractivity contribution in [3.63, 3.8) is 0 Å². The molecule has 8 nitrogen and oxygen atoms in total. The summed E-state index contributed by atoms with van der Waals surface area (Å²) in [4.78, 5) is 8.08. The summed E-state index contributed by atoms with van der Waals surface area (Å²) in [7, 11) is -1.71. The van der Waals surface area contributed by atoms with Gasteiger partial charge in [-0.3, -0.25) is 0 Å². The molecule has 0 amide bonds. The second-order valence-electron chi connectivity index (χ2n) is 4.13. The summed E-state index contributed by atoms with van der Waals surface area (Å²) < 4.78 is 28.4. The van der Waals surface area contributed by atoms with Crippen LogP contribution in [0.25, 0.3) is 0 Å². The highest BCUT2D eigenvalue weighted by Crippen LogP contribution is 2.09. The second kappa shape index (κ2) is 5.99. The van der Waals surface area contributed by atoms with Crippen molar-refractivity contribution < 1.29 is 8.42 Å². The fourth-order valence-electron chi connectivity index (χ4n) is 1.64. The van der Waals surface area contributed by atoms with Gasteiger partial charge in [0.1, 0.15) is 16.5 Å².